The molecular weight excluding hydrogens is 242 g/mol. The fraction of sp³-hybridized carbons (Fsp3) is 0.300. The Morgan fingerprint density at radius 2 is 2.24 bits per heavy atom. The molecule has 0 radical (unpaired) electrons. The van der Waals surface area contributed by atoms with Crippen molar-refractivity contribution < 1.29 is 13.5 Å². The normalized spacial score (nSPS) is 14.0. The lowest BCUT2D eigenvalue weighted by atomic mass is 10.3. The first kappa shape index (κ1) is 11.9. The van der Waals surface area contributed by atoms with Gasteiger partial charge in [0.1, 0.15) is 0 Å². The lowest BCUT2D eigenvalue weighted by molar-refractivity contribution is 0.218. The highest BCUT2D eigenvalue weighted by atomic mass is 32.2. The summed E-state index contributed by atoms with van der Waals surface area (Å²) in [6.45, 7) is 1.41. The molecule has 2 rings (SSSR count). The highest BCUT2D eigenvalue weighted by molar-refractivity contribution is 7.91. The standard InChI is InChI=1S/C10H13N3O3S/c1-6(14)5-17(15,16)10-12-8-3-2-7(11)4-9(8)13-10/h2-4,6,14H,5,11H2,1H3,(H,12,13). The number of imidazole rings is 1. The second-order valence-electron chi connectivity index (χ2n) is 3.95. The first-order valence-corrected chi connectivity index (χ1v) is 6.70. The monoisotopic (exact) mass is 255 g/mol. The quantitative estimate of drug-likeness (QED) is 0.683. The number of aromatic nitrogens is 2. The molecule has 0 spiro atoms. The Morgan fingerprint density at radius 3 is 2.88 bits per heavy atom. The van der Waals surface area contributed by atoms with E-state index >= 15 is 0 Å². The molecule has 6 nitrogen and oxygen atoms in total. The Kier molecular flexibility index (Phi) is 2.80. The molecule has 0 amide bonds. The summed E-state index contributed by atoms with van der Waals surface area (Å²) < 4.78 is 23.6. The molecule has 1 aromatic heterocycles. The minimum Gasteiger partial charge on any atom is -0.399 e. The van der Waals surface area contributed by atoms with E-state index in [1.54, 1.807) is 18.2 Å². The highest BCUT2D eigenvalue weighted by Gasteiger charge is 2.21. The molecule has 0 aliphatic rings. The zero-order valence-corrected chi connectivity index (χ0v) is 10.0. The summed E-state index contributed by atoms with van der Waals surface area (Å²) in [6, 6.07) is 4.90. The number of hydrogen-bond donors (Lipinski definition) is 3. The number of nitrogens with one attached hydrogen (secondary N) is 1. The van der Waals surface area contributed by atoms with Crippen LogP contribution in [-0.4, -0.2) is 35.3 Å². The van der Waals surface area contributed by atoms with Crippen molar-refractivity contribution >= 4 is 26.6 Å². The van der Waals surface area contributed by atoms with E-state index in [2.05, 4.69) is 9.97 Å². The molecule has 17 heavy (non-hydrogen) atoms. The number of nitrogens with zero attached hydrogens (tertiary/aromatic N) is 1. The van der Waals surface area contributed by atoms with Crippen molar-refractivity contribution in [2.24, 2.45) is 0 Å². The summed E-state index contributed by atoms with van der Waals surface area (Å²) in [5, 5.41) is 8.99. The van der Waals surface area contributed by atoms with Gasteiger partial charge in [0.2, 0.25) is 15.0 Å². The Hall–Kier alpha value is -1.60. The van der Waals surface area contributed by atoms with Gasteiger partial charge in [-0.05, 0) is 25.1 Å². The van der Waals surface area contributed by atoms with Crippen LogP contribution in [0.25, 0.3) is 11.0 Å². The summed E-state index contributed by atoms with van der Waals surface area (Å²) in [5.74, 6) is -0.359. The average molecular weight is 255 g/mol. The molecule has 1 aromatic carbocycles. The molecule has 92 valence electrons. The largest absolute Gasteiger partial charge is 0.399 e. The van der Waals surface area contributed by atoms with E-state index in [-0.39, 0.29) is 10.9 Å². The fourth-order valence-electron chi connectivity index (χ4n) is 1.55. The van der Waals surface area contributed by atoms with Gasteiger partial charge in [0.05, 0.1) is 22.9 Å². The summed E-state index contributed by atoms with van der Waals surface area (Å²) in [4.78, 5) is 6.66. The van der Waals surface area contributed by atoms with E-state index in [0.717, 1.165) is 0 Å². The van der Waals surface area contributed by atoms with Crippen LogP contribution in [0, 0.1) is 0 Å². The van der Waals surface area contributed by atoms with Crippen molar-refractivity contribution in [2.45, 2.75) is 18.2 Å². The summed E-state index contributed by atoms with van der Waals surface area (Å²) in [7, 11) is -3.59. The van der Waals surface area contributed by atoms with Crippen molar-refractivity contribution in [3.05, 3.63) is 18.2 Å². The number of aromatic amines is 1. The van der Waals surface area contributed by atoms with Gasteiger partial charge in [-0.1, -0.05) is 0 Å². The molecule has 4 N–H and O–H groups in total. The number of sulfone groups is 1. The van der Waals surface area contributed by atoms with Gasteiger partial charge in [-0.25, -0.2) is 13.4 Å². The Labute approximate surface area is 98.4 Å². The average Bonchev–Trinajstić information content (AvgIpc) is 2.58. The Morgan fingerprint density at radius 1 is 1.53 bits per heavy atom. The Balaban J connectivity index is 2.50. The molecule has 1 heterocycles. The molecule has 0 saturated heterocycles. The zero-order chi connectivity index (χ0) is 12.6. The molecule has 1 unspecified atom stereocenters. The summed E-state index contributed by atoms with van der Waals surface area (Å²) >= 11 is 0. The van der Waals surface area contributed by atoms with Gasteiger partial charge in [0, 0.05) is 5.69 Å². The van der Waals surface area contributed by atoms with Crippen molar-refractivity contribution in [1.29, 1.82) is 0 Å². The second-order valence-corrected chi connectivity index (χ2v) is 5.90. The number of H-pyrrole nitrogens is 1. The third kappa shape index (κ3) is 2.40. The van der Waals surface area contributed by atoms with Gasteiger partial charge >= 0.3 is 0 Å². The molecule has 0 bridgehead atoms. The zero-order valence-electron chi connectivity index (χ0n) is 9.21. The van der Waals surface area contributed by atoms with Gasteiger partial charge in [-0.2, -0.15) is 0 Å². The van der Waals surface area contributed by atoms with E-state index < -0.39 is 15.9 Å². The Bertz CT molecular complexity index is 646. The van der Waals surface area contributed by atoms with E-state index in [1.165, 1.54) is 6.92 Å². The van der Waals surface area contributed by atoms with Gasteiger partial charge in [0.25, 0.3) is 0 Å². The molecule has 0 fully saturated rings. The molecule has 0 aliphatic carbocycles. The van der Waals surface area contributed by atoms with Crippen molar-refractivity contribution in [1.82, 2.24) is 9.97 Å². The lowest BCUT2D eigenvalue weighted by Crippen LogP contribution is -2.18. The maximum atomic E-state index is 11.8. The molecular formula is C10H13N3O3S. The lowest BCUT2D eigenvalue weighted by Gasteiger charge is -2.02. The first-order chi connectivity index (χ1) is 7.88. The van der Waals surface area contributed by atoms with Gasteiger partial charge < -0.3 is 15.8 Å². The molecule has 0 saturated carbocycles. The topological polar surface area (TPSA) is 109 Å². The van der Waals surface area contributed by atoms with Crippen LogP contribution in [0.5, 0.6) is 0 Å². The first-order valence-electron chi connectivity index (χ1n) is 5.04. The minimum atomic E-state index is -3.59. The van der Waals surface area contributed by atoms with Crippen LogP contribution < -0.4 is 5.73 Å². The van der Waals surface area contributed by atoms with E-state index in [0.29, 0.717) is 16.7 Å². The maximum Gasteiger partial charge on any atom is 0.226 e. The molecule has 2 aromatic rings. The van der Waals surface area contributed by atoms with Gasteiger partial charge in [0.15, 0.2) is 0 Å². The van der Waals surface area contributed by atoms with Crippen LogP contribution in [0.3, 0.4) is 0 Å². The number of aliphatic hydroxyl groups excluding tert-OH is 1. The summed E-state index contributed by atoms with van der Waals surface area (Å²) in [6.07, 6.45) is -0.932. The van der Waals surface area contributed by atoms with Crippen LogP contribution in [-0.2, 0) is 9.84 Å². The van der Waals surface area contributed by atoms with Crippen LogP contribution in [0.15, 0.2) is 23.4 Å². The molecule has 7 heteroatoms. The maximum absolute atomic E-state index is 11.8. The third-order valence-corrected chi connectivity index (χ3v) is 3.94. The van der Waals surface area contributed by atoms with Crippen LogP contribution in [0.4, 0.5) is 5.69 Å². The minimum absolute atomic E-state index is 0.140. The number of nitrogens with two attached hydrogens (primary N) is 1. The SMILES string of the molecule is CC(O)CS(=O)(=O)c1nc2ccc(N)cc2[nH]1. The van der Waals surface area contributed by atoms with Gasteiger partial charge in [-0.15, -0.1) is 0 Å². The van der Waals surface area contributed by atoms with Crippen LogP contribution >= 0.6 is 0 Å². The molecule has 0 aliphatic heterocycles. The van der Waals surface area contributed by atoms with Crippen molar-refractivity contribution in [3.8, 4) is 0 Å². The number of rotatable bonds is 3. The number of hydrogen-bond acceptors (Lipinski definition) is 5. The van der Waals surface area contributed by atoms with Gasteiger partial charge in [-0.3, -0.25) is 0 Å². The summed E-state index contributed by atoms with van der Waals surface area (Å²) in [5.41, 5.74) is 7.21. The van der Waals surface area contributed by atoms with Crippen molar-refractivity contribution in [2.75, 3.05) is 11.5 Å². The van der Waals surface area contributed by atoms with Crippen LogP contribution in [0.2, 0.25) is 0 Å². The third-order valence-electron chi connectivity index (χ3n) is 2.24. The second kappa shape index (κ2) is 4.01. The highest BCUT2D eigenvalue weighted by Crippen LogP contribution is 2.18. The van der Waals surface area contributed by atoms with E-state index in [1.807, 2.05) is 0 Å². The van der Waals surface area contributed by atoms with E-state index in [9.17, 15) is 8.42 Å². The molecule has 1 atom stereocenters. The number of benzene rings is 1. The smallest absolute Gasteiger partial charge is 0.226 e. The number of aliphatic hydroxyl groups is 1. The number of nitrogen functional groups attached to an aromatic ring is 1. The van der Waals surface area contributed by atoms with Crippen molar-refractivity contribution in [3.63, 3.8) is 0 Å². The fourth-order valence-corrected chi connectivity index (χ4v) is 2.84. The van der Waals surface area contributed by atoms with Crippen LogP contribution in [0.1, 0.15) is 6.92 Å². The predicted octanol–water partition coefficient (Wildman–Crippen LogP) is 0.300. The number of fused-ring (bicyclic) bond motifs is 1. The van der Waals surface area contributed by atoms with E-state index in [4.69, 9.17) is 10.8 Å². The predicted molar refractivity (Wildman–Crippen MR) is 64.2 cm³/mol. The number of anilines is 1.